The second kappa shape index (κ2) is 5.92. The van der Waals surface area contributed by atoms with Crippen LogP contribution in [0.4, 0.5) is 0 Å². The van der Waals surface area contributed by atoms with Crippen molar-refractivity contribution in [1.82, 2.24) is 0 Å². The van der Waals surface area contributed by atoms with E-state index in [9.17, 15) is 0 Å². The smallest absolute Gasteiger partial charge is 0.327 e. The standard InChI is InChI=1S/C9H21O3P/c1-8(7-12-13(10)11)5-6-9(2,3)4/h8,10-11H,5-7H2,1-4H3. The Kier molecular flexibility index (Phi) is 6.06. The monoisotopic (exact) mass is 208 g/mol. The van der Waals surface area contributed by atoms with Crippen LogP contribution < -0.4 is 0 Å². The second-order valence-corrected chi connectivity index (χ2v) is 5.52. The maximum absolute atomic E-state index is 8.53. The predicted molar refractivity (Wildman–Crippen MR) is 55.2 cm³/mol. The molecule has 0 rings (SSSR count). The molecule has 0 aromatic rings. The Morgan fingerprint density at radius 3 is 2.23 bits per heavy atom. The molecule has 0 aliphatic heterocycles. The highest BCUT2D eigenvalue weighted by Gasteiger charge is 2.13. The van der Waals surface area contributed by atoms with E-state index in [0.29, 0.717) is 17.9 Å². The fourth-order valence-corrected chi connectivity index (χ4v) is 1.34. The minimum Gasteiger partial charge on any atom is -0.328 e. The maximum Gasteiger partial charge on any atom is 0.327 e. The first-order valence-corrected chi connectivity index (χ1v) is 5.78. The molecule has 0 fully saturated rings. The molecular formula is C9H21O3P. The van der Waals surface area contributed by atoms with Crippen molar-refractivity contribution in [2.45, 2.75) is 40.5 Å². The van der Waals surface area contributed by atoms with Crippen LogP contribution in [0.3, 0.4) is 0 Å². The molecule has 13 heavy (non-hydrogen) atoms. The van der Waals surface area contributed by atoms with E-state index in [0.717, 1.165) is 12.8 Å². The number of hydrogen-bond acceptors (Lipinski definition) is 3. The van der Waals surface area contributed by atoms with Crippen molar-refractivity contribution in [3.8, 4) is 0 Å². The van der Waals surface area contributed by atoms with Crippen molar-refractivity contribution >= 4 is 8.60 Å². The lowest BCUT2D eigenvalue weighted by molar-refractivity contribution is 0.201. The van der Waals surface area contributed by atoms with Crippen molar-refractivity contribution in [3.05, 3.63) is 0 Å². The van der Waals surface area contributed by atoms with Gasteiger partial charge >= 0.3 is 8.60 Å². The zero-order chi connectivity index (χ0) is 10.5. The summed E-state index contributed by atoms with van der Waals surface area (Å²) in [4.78, 5) is 17.1. The molecule has 0 aliphatic carbocycles. The van der Waals surface area contributed by atoms with E-state index >= 15 is 0 Å². The van der Waals surface area contributed by atoms with Crippen molar-refractivity contribution in [2.24, 2.45) is 11.3 Å². The third kappa shape index (κ3) is 10.2. The van der Waals surface area contributed by atoms with Gasteiger partial charge in [-0.05, 0) is 24.2 Å². The lowest BCUT2D eigenvalue weighted by Gasteiger charge is -2.20. The Bertz CT molecular complexity index is 131. The number of rotatable bonds is 5. The Balaban J connectivity index is 3.46. The van der Waals surface area contributed by atoms with Gasteiger partial charge in [-0.3, -0.25) is 0 Å². The van der Waals surface area contributed by atoms with Gasteiger partial charge in [-0.1, -0.05) is 27.7 Å². The SMILES string of the molecule is CC(CCC(C)(C)C)COP(O)O. The second-order valence-electron chi connectivity index (χ2n) is 4.75. The van der Waals surface area contributed by atoms with Crippen LogP contribution in [0, 0.1) is 11.3 Å². The van der Waals surface area contributed by atoms with Crippen LogP contribution >= 0.6 is 8.60 Å². The lowest BCUT2D eigenvalue weighted by Crippen LogP contribution is -2.10. The first-order chi connectivity index (χ1) is 5.81. The molecular weight excluding hydrogens is 187 g/mol. The van der Waals surface area contributed by atoms with Gasteiger partial charge in [0.25, 0.3) is 0 Å². The molecule has 1 atom stereocenters. The highest BCUT2D eigenvalue weighted by atomic mass is 31.2. The summed E-state index contributed by atoms with van der Waals surface area (Å²) in [7, 11) is -2.17. The van der Waals surface area contributed by atoms with Crippen LogP contribution in [0.15, 0.2) is 0 Å². The van der Waals surface area contributed by atoms with Crippen LogP contribution in [-0.4, -0.2) is 16.4 Å². The van der Waals surface area contributed by atoms with Gasteiger partial charge in [0.15, 0.2) is 0 Å². The van der Waals surface area contributed by atoms with E-state index in [4.69, 9.17) is 14.3 Å². The summed E-state index contributed by atoms with van der Waals surface area (Å²) in [5.41, 5.74) is 0.345. The van der Waals surface area contributed by atoms with E-state index < -0.39 is 8.60 Å². The van der Waals surface area contributed by atoms with Gasteiger partial charge in [0.1, 0.15) is 0 Å². The Morgan fingerprint density at radius 1 is 1.31 bits per heavy atom. The summed E-state index contributed by atoms with van der Waals surface area (Å²) >= 11 is 0. The molecule has 0 heterocycles. The normalized spacial score (nSPS) is 15.0. The average molecular weight is 208 g/mol. The van der Waals surface area contributed by atoms with Crippen molar-refractivity contribution < 1.29 is 14.3 Å². The molecule has 2 N–H and O–H groups in total. The molecule has 0 bridgehead atoms. The maximum atomic E-state index is 8.53. The van der Waals surface area contributed by atoms with Gasteiger partial charge in [-0.15, -0.1) is 0 Å². The zero-order valence-electron chi connectivity index (χ0n) is 8.95. The molecule has 0 aromatic carbocycles. The lowest BCUT2D eigenvalue weighted by atomic mass is 9.87. The van der Waals surface area contributed by atoms with Gasteiger partial charge in [0.05, 0.1) is 6.61 Å². The van der Waals surface area contributed by atoms with E-state index in [2.05, 4.69) is 27.7 Å². The number of hydrogen-bond donors (Lipinski definition) is 2. The largest absolute Gasteiger partial charge is 0.328 e. The molecule has 0 amide bonds. The summed E-state index contributed by atoms with van der Waals surface area (Å²) in [5.74, 6) is 0.392. The van der Waals surface area contributed by atoms with Crippen LogP contribution in [0.1, 0.15) is 40.5 Å². The molecule has 3 nitrogen and oxygen atoms in total. The fourth-order valence-electron chi connectivity index (χ4n) is 0.957. The average Bonchev–Trinajstić information content (AvgIpc) is 1.95. The molecule has 1 unspecified atom stereocenters. The summed E-state index contributed by atoms with van der Waals surface area (Å²) < 4.78 is 4.74. The first-order valence-electron chi connectivity index (χ1n) is 4.62. The minimum atomic E-state index is -2.17. The molecule has 4 heteroatoms. The topological polar surface area (TPSA) is 49.7 Å². The van der Waals surface area contributed by atoms with Crippen LogP contribution in [0.2, 0.25) is 0 Å². The van der Waals surface area contributed by atoms with Gasteiger partial charge in [-0.25, -0.2) is 0 Å². The highest BCUT2D eigenvalue weighted by molar-refractivity contribution is 7.39. The van der Waals surface area contributed by atoms with E-state index in [-0.39, 0.29) is 0 Å². The molecule has 0 saturated carbocycles. The van der Waals surface area contributed by atoms with Gasteiger partial charge in [0, 0.05) is 0 Å². The molecule has 80 valence electrons. The zero-order valence-corrected chi connectivity index (χ0v) is 9.84. The summed E-state index contributed by atoms with van der Waals surface area (Å²) in [5, 5.41) is 0. The Morgan fingerprint density at radius 2 is 1.85 bits per heavy atom. The van der Waals surface area contributed by atoms with Gasteiger partial charge < -0.3 is 14.3 Å². The summed E-state index contributed by atoms with van der Waals surface area (Å²) in [6.07, 6.45) is 2.19. The molecule has 0 radical (unpaired) electrons. The van der Waals surface area contributed by atoms with Crippen molar-refractivity contribution in [1.29, 1.82) is 0 Å². The van der Waals surface area contributed by atoms with E-state index in [1.54, 1.807) is 0 Å². The summed E-state index contributed by atoms with van der Waals surface area (Å²) in [6, 6.07) is 0. The van der Waals surface area contributed by atoms with Crippen molar-refractivity contribution in [3.63, 3.8) is 0 Å². The Labute approximate surface area is 82.1 Å². The fraction of sp³-hybridized carbons (Fsp3) is 1.00. The minimum absolute atomic E-state index is 0.345. The highest BCUT2D eigenvalue weighted by Crippen LogP contribution is 2.28. The summed E-state index contributed by atoms with van der Waals surface area (Å²) in [6.45, 7) is 9.10. The van der Waals surface area contributed by atoms with Gasteiger partial charge in [0.2, 0.25) is 0 Å². The molecule has 0 saturated heterocycles. The van der Waals surface area contributed by atoms with Gasteiger partial charge in [-0.2, -0.15) is 0 Å². The van der Waals surface area contributed by atoms with E-state index in [1.807, 2.05) is 0 Å². The van der Waals surface area contributed by atoms with Crippen LogP contribution in [-0.2, 0) is 4.52 Å². The van der Waals surface area contributed by atoms with E-state index in [1.165, 1.54) is 0 Å². The van der Waals surface area contributed by atoms with Crippen LogP contribution in [0.25, 0.3) is 0 Å². The molecule has 0 aliphatic rings. The first kappa shape index (κ1) is 13.3. The molecule has 0 spiro atoms. The third-order valence-electron chi connectivity index (χ3n) is 1.86. The molecule has 0 aromatic heterocycles. The Hall–Kier alpha value is 0.310. The quantitative estimate of drug-likeness (QED) is 0.683. The third-order valence-corrected chi connectivity index (χ3v) is 2.24. The van der Waals surface area contributed by atoms with Crippen LogP contribution in [0.5, 0.6) is 0 Å². The predicted octanol–water partition coefficient (Wildman–Crippen LogP) is 2.68. The van der Waals surface area contributed by atoms with Crippen molar-refractivity contribution in [2.75, 3.05) is 6.61 Å².